The lowest BCUT2D eigenvalue weighted by molar-refractivity contribution is 0.0791. The largest absolute Gasteiger partial charge is 0.336 e. The Kier molecular flexibility index (Phi) is 2.64. The standard InChI is InChI=1S/C11H12N4OS/c16-11(10-2-1-7-17-10)14-5-3-9(8-14)15-6-4-12-13-15/h1-2,4,6-7,9H,3,5,8H2. The Balaban J connectivity index is 1.70. The number of aromatic nitrogens is 3. The Bertz CT molecular complexity index is 494. The topological polar surface area (TPSA) is 51.0 Å². The molecule has 1 fully saturated rings. The highest BCUT2D eigenvalue weighted by Gasteiger charge is 2.28. The van der Waals surface area contributed by atoms with Crippen LogP contribution in [-0.2, 0) is 0 Å². The van der Waals surface area contributed by atoms with Gasteiger partial charge in [0.05, 0.1) is 17.1 Å². The average Bonchev–Trinajstić information content (AvgIpc) is 3.09. The van der Waals surface area contributed by atoms with Crippen molar-refractivity contribution in [2.75, 3.05) is 13.1 Å². The van der Waals surface area contributed by atoms with Gasteiger partial charge in [0, 0.05) is 19.3 Å². The zero-order chi connectivity index (χ0) is 11.7. The number of likely N-dealkylation sites (tertiary alicyclic amines) is 1. The lowest BCUT2D eigenvalue weighted by Gasteiger charge is -2.15. The fourth-order valence-corrected chi connectivity index (χ4v) is 2.80. The summed E-state index contributed by atoms with van der Waals surface area (Å²) < 4.78 is 1.84. The van der Waals surface area contributed by atoms with Crippen LogP contribution in [0.5, 0.6) is 0 Å². The molecular formula is C11H12N4OS. The fourth-order valence-electron chi connectivity index (χ4n) is 2.11. The SMILES string of the molecule is O=C(c1cccs1)N1CCC(n2ccnn2)C1. The second-order valence-corrected chi connectivity index (χ2v) is 5.00. The zero-order valence-electron chi connectivity index (χ0n) is 9.19. The van der Waals surface area contributed by atoms with Crippen LogP contribution < -0.4 is 0 Å². The van der Waals surface area contributed by atoms with Gasteiger partial charge in [-0.2, -0.15) is 0 Å². The minimum absolute atomic E-state index is 0.127. The molecule has 88 valence electrons. The van der Waals surface area contributed by atoms with Crippen molar-refractivity contribution >= 4 is 17.2 Å². The number of amides is 1. The van der Waals surface area contributed by atoms with Crippen molar-refractivity contribution in [3.05, 3.63) is 34.8 Å². The van der Waals surface area contributed by atoms with Gasteiger partial charge in [-0.3, -0.25) is 4.79 Å². The van der Waals surface area contributed by atoms with Crippen molar-refractivity contribution in [3.63, 3.8) is 0 Å². The van der Waals surface area contributed by atoms with Crippen LogP contribution in [0.25, 0.3) is 0 Å². The van der Waals surface area contributed by atoms with Crippen LogP contribution in [-0.4, -0.2) is 38.9 Å². The summed E-state index contributed by atoms with van der Waals surface area (Å²) in [6.07, 6.45) is 4.47. The molecule has 1 aliphatic rings. The first-order valence-electron chi connectivity index (χ1n) is 5.53. The van der Waals surface area contributed by atoms with Crippen LogP contribution in [0.15, 0.2) is 29.9 Å². The van der Waals surface area contributed by atoms with E-state index >= 15 is 0 Å². The van der Waals surface area contributed by atoms with E-state index in [1.54, 1.807) is 6.20 Å². The number of hydrogen-bond donors (Lipinski definition) is 0. The number of carbonyl (C=O) groups is 1. The van der Waals surface area contributed by atoms with Crippen LogP contribution in [0.1, 0.15) is 22.1 Å². The fraction of sp³-hybridized carbons (Fsp3) is 0.364. The third kappa shape index (κ3) is 1.95. The number of rotatable bonds is 2. The molecule has 1 atom stereocenters. The summed E-state index contributed by atoms with van der Waals surface area (Å²) in [6, 6.07) is 4.04. The molecule has 0 spiro atoms. The molecule has 1 aliphatic heterocycles. The van der Waals surface area contributed by atoms with Crippen LogP contribution in [0, 0.1) is 0 Å². The van der Waals surface area contributed by atoms with Gasteiger partial charge in [-0.05, 0) is 17.9 Å². The molecule has 0 saturated carbocycles. The van der Waals surface area contributed by atoms with E-state index in [0.29, 0.717) is 0 Å². The minimum atomic E-state index is 0.127. The summed E-state index contributed by atoms with van der Waals surface area (Å²) in [5.74, 6) is 0.127. The average molecular weight is 248 g/mol. The third-order valence-electron chi connectivity index (χ3n) is 3.00. The maximum absolute atomic E-state index is 12.1. The summed E-state index contributed by atoms with van der Waals surface area (Å²) in [6.45, 7) is 1.52. The summed E-state index contributed by atoms with van der Waals surface area (Å²) in [5, 5.41) is 9.71. The number of nitrogens with zero attached hydrogens (tertiary/aromatic N) is 4. The van der Waals surface area contributed by atoms with Gasteiger partial charge in [0.1, 0.15) is 0 Å². The molecule has 3 heterocycles. The maximum Gasteiger partial charge on any atom is 0.263 e. The monoisotopic (exact) mass is 248 g/mol. The van der Waals surface area contributed by atoms with Crippen molar-refractivity contribution in [1.29, 1.82) is 0 Å². The van der Waals surface area contributed by atoms with E-state index < -0.39 is 0 Å². The molecule has 1 saturated heterocycles. The van der Waals surface area contributed by atoms with E-state index in [1.807, 2.05) is 33.3 Å². The predicted octanol–water partition coefficient (Wildman–Crippen LogP) is 1.43. The van der Waals surface area contributed by atoms with Gasteiger partial charge in [-0.25, -0.2) is 4.68 Å². The second-order valence-electron chi connectivity index (χ2n) is 4.05. The molecule has 2 aromatic heterocycles. The highest BCUT2D eigenvalue weighted by Crippen LogP contribution is 2.23. The summed E-state index contributed by atoms with van der Waals surface area (Å²) >= 11 is 1.49. The van der Waals surface area contributed by atoms with Crippen LogP contribution in [0.4, 0.5) is 0 Å². The highest BCUT2D eigenvalue weighted by atomic mass is 32.1. The van der Waals surface area contributed by atoms with Gasteiger partial charge < -0.3 is 4.90 Å². The van der Waals surface area contributed by atoms with Gasteiger partial charge in [0.15, 0.2) is 0 Å². The molecule has 17 heavy (non-hydrogen) atoms. The van der Waals surface area contributed by atoms with Gasteiger partial charge in [0.25, 0.3) is 5.91 Å². The van der Waals surface area contributed by atoms with E-state index in [4.69, 9.17) is 0 Å². The molecule has 2 aromatic rings. The smallest absolute Gasteiger partial charge is 0.263 e. The van der Waals surface area contributed by atoms with Crippen molar-refractivity contribution in [1.82, 2.24) is 19.9 Å². The molecule has 1 unspecified atom stereocenters. The quantitative estimate of drug-likeness (QED) is 0.807. The number of carbonyl (C=O) groups excluding carboxylic acids is 1. The third-order valence-corrected chi connectivity index (χ3v) is 3.86. The lowest BCUT2D eigenvalue weighted by Crippen LogP contribution is -2.28. The van der Waals surface area contributed by atoms with Crippen molar-refractivity contribution in [2.24, 2.45) is 0 Å². The Hall–Kier alpha value is -1.69. The summed E-state index contributed by atoms with van der Waals surface area (Å²) in [4.78, 5) is 14.8. The van der Waals surface area contributed by atoms with Crippen molar-refractivity contribution < 1.29 is 4.79 Å². The summed E-state index contributed by atoms with van der Waals surface area (Å²) in [7, 11) is 0. The normalized spacial score (nSPS) is 19.8. The van der Waals surface area contributed by atoms with Crippen LogP contribution >= 0.6 is 11.3 Å². The van der Waals surface area contributed by atoms with Crippen molar-refractivity contribution in [3.8, 4) is 0 Å². The van der Waals surface area contributed by atoms with E-state index in [0.717, 1.165) is 24.4 Å². The van der Waals surface area contributed by atoms with Crippen LogP contribution in [0.3, 0.4) is 0 Å². The highest BCUT2D eigenvalue weighted by molar-refractivity contribution is 7.12. The van der Waals surface area contributed by atoms with E-state index in [1.165, 1.54) is 11.3 Å². The molecule has 5 nitrogen and oxygen atoms in total. The predicted molar refractivity (Wildman–Crippen MR) is 63.9 cm³/mol. The first-order chi connectivity index (χ1) is 8.34. The number of thiophene rings is 1. The molecule has 6 heteroatoms. The maximum atomic E-state index is 12.1. The first kappa shape index (κ1) is 10.5. The second kappa shape index (κ2) is 4.29. The van der Waals surface area contributed by atoms with Crippen LogP contribution in [0.2, 0.25) is 0 Å². The van der Waals surface area contributed by atoms with Gasteiger partial charge in [0.2, 0.25) is 0 Å². The van der Waals surface area contributed by atoms with E-state index in [-0.39, 0.29) is 11.9 Å². The van der Waals surface area contributed by atoms with E-state index in [2.05, 4.69) is 10.3 Å². The Labute approximate surface area is 103 Å². The number of hydrogen-bond acceptors (Lipinski definition) is 4. The summed E-state index contributed by atoms with van der Waals surface area (Å²) in [5.41, 5.74) is 0. The van der Waals surface area contributed by atoms with Crippen molar-refractivity contribution in [2.45, 2.75) is 12.5 Å². The zero-order valence-corrected chi connectivity index (χ0v) is 10.0. The van der Waals surface area contributed by atoms with Gasteiger partial charge in [-0.15, -0.1) is 16.4 Å². The Morgan fingerprint density at radius 1 is 1.53 bits per heavy atom. The van der Waals surface area contributed by atoms with Gasteiger partial charge in [-0.1, -0.05) is 11.3 Å². The van der Waals surface area contributed by atoms with E-state index in [9.17, 15) is 4.79 Å². The molecular weight excluding hydrogens is 236 g/mol. The Morgan fingerprint density at radius 2 is 2.47 bits per heavy atom. The first-order valence-corrected chi connectivity index (χ1v) is 6.41. The molecule has 3 rings (SSSR count). The molecule has 0 aliphatic carbocycles. The Morgan fingerprint density at radius 3 is 3.18 bits per heavy atom. The molecule has 0 N–H and O–H groups in total. The molecule has 0 radical (unpaired) electrons. The molecule has 0 bridgehead atoms. The minimum Gasteiger partial charge on any atom is -0.336 e. The molecule has 0 aromatic carbocycles. The van der Waals surface area contributed by atoms with Gasteiger partial charge >= 0.3 is 0 Å². The lowest BCUT2D eigenvalue weighted by atomic mass is 10.3. The molecule has 1 amide bonds.